The van der Waals surface area contributed by atoms with Gasteiger partial charge in [-0.25, -0.2) is 0 Å². The van der Waals surface area contributed by atoms with Gasteiger partial charge in [-0.1, -0.05) is 42.5 Å². The van der Waals surface area contributed by atoms with Crippen LogP contribution < -0.4 is 0 Å². The maximum Gasteiger partial charge on any atom is 0.0991 e. The number of benzene rings is 2. The van der Waals surface area contributed by atoms with E-state index in [1.165, 1.54) is 5.56 Å². The predicted octanol–water partition coefficient (Wildman–Crippen LogP) is 3.84. The van der Waals surface area contributed by atoms with Crippen LogP contribution in [-0.4, -0.2) is 0 Å². The summed E-state index contributed by atoms with van der Waals surface area (Å²) in [4.78, 5) is 0. The average molecular weight is 237 g/mol. The highest BCUT2D eigenvalue weighted by molar-refractivity contribution is 5.31. The molecular weight excluding hydrogens is 222 g/mol. The quantitative estimate of drug-likeness (QED) is 0.809. The largest absolute Gasteiger partial charge is 0.369 e. The van der Waals surface area contributed by atoms with Gasteiger partial charge in [0.1, 0.15) is 0 Å². The summed E-state index contributed by atoms with van der Waals surface area (Å²) < 4.78 is 5.80. The number of hydrogen-bond acceptors (Lipinski definition) is 2. The Morgan fingerprint density at radius 3 is 2.33 bits per heavy atom. The number of nitrogens with zero attached hydrogens (tertiary/aromatic N) is 1. The molecule has 0 saturated carbocycles. The molecule has 0 spiro atoms. The van der Waals surface area contributed by atoms with Crippen LogP contribution in [0.3, 0.4) is 0 Å². The van der Waals surface area contributed by atoms with Gasteiger partial charge in [0, 0.05) is 0 Å². The molecule has 2 nitrogen and oxygen atoms in total. The van der Waals surface area contributed by atoms with E-state index in [2.05, 4.69) is 18.2 Å². The van der Waals surface area contributed by atoms with Gasteiger partial charge in [-0.3, -0.25) is 0 Å². The Hall–Kier alpha value is -2.11. The van der Waals surface area contributed by atoms with Gasteiger partial charge in [-0.15, -0.1) is 0 Å². The molecule has 0 amide bonds. The molecular formula is C16H15NO. The fourth-order valence-corrected chi connectivity index (χ4v) is 1.72. The second kappa shape index (κ2) is 6.00. The summed E-state index contributed by atoms with van der Waals surface area (Å²) in [6.45, 7) is 2.60. The smallest absolute Gasteiger partial charge is 0.0991 e. The van der Waals surface area contributed by atoms with E-state index in [1.807, 2.05) is 49.4 Å². The number of ether oxygens (including phenoxy) is 1. The summed E-state index contributed by atoms with van der Waals surface area (Å²) in [6, 6.07) is 19.7. The van der Waals surface area contributed by atoms with Crippen molar-refractivity contribution in [2.45, 2.75) is 19.6 Å². The van der Waals surface area contributed by atoms with Crippen molar-refractivity contribution >= 4 is 0 Å². The molecule has 1 unspecified atom stereocenters. The minimum absolute atomic E-state index is 0.0712. The van der Waals surface area contributed by atoms with E-state index in [9.17, 15) is 0 Å². The van der Waals surface area contributed by atoms with E-state index in [4.69, 9.17) is 10.00 Å². The first-order chi connectivity index (χ1) is 8.79. The molecule has 0 saturated heterocycles. The van der Waals surface area contributed by atoms with Gasteiger partial charge in [0.25, 0.3) is 0 Å². The first-order valence-corrected chi connectivity index (χ1v) is 5.95. The molecule has 2 aromatic carbocycles. The molecule has 90 valence electrons. The third-order valence-electron chi connectivity index (χ3n) is 2.85. The molecule has 0 fully saturated rings. The standard InChI is InChI=1S/C16H15NO/c1-13(16-5-3-2-4-6-16)18-12-15-9-7-14(11-17)8-10-15/h2-10,13H,12H2,1H3. The number of hydrogen-bond donors (Lipinski definition) is 0. The van der Waals surface area contributed by atoms with Crippen LogP contribution >= 0.6 is 0 Å². The van der Waals surface area contributed by atoms with Crippen LogP contribution in [0.1, 0.15) is 29.7 Å². The van der Waals surface area contributed by atoms with Crippen LogP contribution in [0.4, 0.5) is 0 Å². The zero-order valence-electron chi connectivity index (χ0n) is 10.3. The molecule has 0 aliphatic rings. The highest BCUT2D eigenvalue weighted by Gasteiger charge is 2.04. The van der Waals surface area contributed by atoms with Crippen molar-refractivity contribution in [2.75, 3.05) is 0 Å². The average Bonchev–Trinajstić information content (AvgIpc) is 2.46. The first-order valence-electron chi connectivity index (χ1n) is 5.95. The van der Waals surface area contributed by atoms with Crippen molar-refractivity contribution < 1.29 is 4.74 Å². The summed E-state index contributed by atoms with van der Waals surface area (Å²) in [5, 5.41) is 8.71. The van der Waals surface area contributed by atoms with E-state index in [0.717, 1.165) is 5.56 Å². The maximum atomic E-state index is 8.71. The normalized spacial score (nSPS) is 11.8. The van der Waals surface area contributed by atoms with Gasteiger partial charge in [0.2, 0.25) is 0 Å². The van der Waals surface area contributed by atoms with Crippen LogP contribution in [0.15, 0.2) is 54.6 Å². The van der Waals surface area contributed by atoms with Crippen LogP contribution in [0.25, 0.3) is 0 Å². The van der Waals surface area contributed by atoms with Crippen LogP contribution in [-0.2, 0) is 11.3 Å². The highest BCUT2D eigenvalue weighted by Crippen LogP contribution is 2.18. The predicted molar refractivity (Wildman–Crippen MR) is 70.8 cm³/mol. The van der Waals surface area contributed by atoms with E-state index < -0.39 is 0 Å². The lowest BCUT2D eigenvalue weighted by Gasteiger charge is -2.13. The molecule has 0 radical (unpaired) electrons. The molecule has 1 atom stereocenters. The summed E-state index contributed by atoms with van der Waals surface area (Å²) in [6.07, 6.45) is 0.0712. The van der Waals surface area contributed by atoms with E-state index in [1.54, 1.807) is 0 Å². The first kappa shape index (κ1) is 12.3. The summed E-state index contributed by atoms with van der Waals surface area (Å²) in [5.41, 5.74) is 2.93. The zero-order valence-corrected chi connectivity index (χ0v) is 10.3. The molecule has 2 aromatic rings. The monoisotopic (exact) mass is 237 g/mol. The van der Waals surface area contributed by atoms with E-state index >= 15 is 0 Å². The van der Waals surface area contributed by atoms with Gasteiger partial charge < -0.3 is 4.74 Å². The Morgan fingerprint density at radius 2 is 1.72 bits per heavy atom. The second-order valence-corrected chi connectivity index (χ2v) is 4.17. The molecule has 0 aromatic heterocycles. The topological polar surface area (TPSA) is 33.0 Å². The Kier molecular flexibility index (Phi) is 4.11. The Labute approximate surface area is 107 Å². The molecule has 2 rings (SSSR count). The molecule has 0 aliphatic heterocycles. The van der Waals surface area contributed by atoms with Crippen LogP contribution in [0.2, 0.25) is 0 Å². The molecule has 18 heavy (non-hydrogen) atoms. The second-order valence-electron chi connectivity index (χ2n) is 4.17. The van der Waals surface area contributed by atoms with E-state index in [0.29, 0.717) is 12.2 Å². The van der Waals surface area contributed by atoms with Crippen molar-refractivity contribution in [1.82, 2.24) is 0 Å². The zero-order chi connectivity index (χ0) is 12.8. The van der Waals surface area contributed by atoms with Crippen molar-refractivity contribution in [3.8, 4) is 6.07 Å². The van der Waals surface area contributed by atoms with E-state index in [-0.39, 0.29) is 6.10 Å². The molecule has 0 bridgehead atoms. The lowest BCUT2D eigenvalue weighted by Crippen LogP contribution is -2.00. The minimum Gasteiger partial charge on any atom is -0.369 e. The molecule has 0 heterocycles. The Balaban J connectivity index is 1.93. The number of rotatable bonds is 4. The summed E-state index contributed by atoms with van der Waals surface area (Å²) in [7, 11) is 0. The lowest BCUT2D eigenvalue weighted by atomic mass is 10.1. The SMILES string of the molecule is CC(OCc1ccc(C#N)cc1)c1ccccc1. The van der Waals surface area contributed by atoms with Gasteiger partial charge in [-0.2, -0.15) is 5.26 Å². The number of nitriles is 1. The van der Waals surface area contributed by atoms with Crippen molar-refractivity contribution in [1.29, 1.82) is 5.26 Å². The third kappa shape index (κ3) is 3.19. The minimum atomic E-state index is 0.0712. The summed E-state index contributed by atoms with van der Waals surface area (Å²) in [5.74, 6) is 0. The fraction of sp³-hybridized carbons (Fsp3) is 0.188. The van der Waals surface area contributed by atoms with Crippen LogP contribution in [0.5, 0.6) is 0 Å². The Bertz CT molecular complexity index is 525. The van der Waals surface area contributed by atoms with Gasteiger partial charge in [0.15, 0.2) is 0 Å². The fourth-order valence-electron chi connectivity index (χ4n) is 1.72. The lowest BCUT2D eigenvalue weighted by molar-refractivity contribution is 0.0525. The Morgan fingerprint density at radius 1 is 1.06 bits per heavy atom. The van der Waals surface area contributed by atoms with Crippen molar-refractivity contribution in [3.63, 3.8) is 0 Å². The van der Waals surface area contributed by atoms with Gasteiger partial charge in [0.05, 0.1) is 24.3 Å². The van der Waals surface area contributed by atoms with Gasteiger partial charge >= 0.3 is 0 Å². The van der Waals surface area contributed by atoms with Gasteiger partial charge in [-0.05, 0) is 30.2 Å². The van der Waals surface area contributed by atoms with Crippen molar-refractivity contribution in [2.24, 2.45) is 0 Å². The van der Waals surface area contributed by atoms with Crippen LogP contribution in [0, 0.1) is 11.3 Å². The molecule has 0 N–H and O–H groups in total. The maximum absolute atomic E-state index is 8.71. The molecule has 2 heteroatoms. The van der Waals surface area contributed by atoms with Crippen molar-refractivity contribution in [3.05, 3.63) is 71.3 Å². The third-order valence-corrected chi connectivity index (χ3v) is 2.85. The molecule has 0 aliphatic carbocycles. The summed E-state index contributed by atoms with van der Waals surface area (Å²) >= 11 is 0. The highest BCUT2D eigenvalue weighted by atomic mass is 16.5.